The van der Waals surface area contributed by atoms with Crippen molar-refractivity contribution in [1.29, 1.82) is 0 Å². The molecule has 0 spiro atoms. The van der Waals surface area contributed by atoms with Gasteiger partial charge in [-0.15, -0.1) is 12.6 Å². The van der Waals surface area contributed by atoms with Gasteiger partial charge in [0.15, 0.2) is 11.4 Å². The van der Waals surface area contributed by atoms with Crippen LogP contribution in [0.5, 0.6) is 0 Å². The van der Waals surface area contributed by atoms with Gasteiger partial charge in [-0.1, -0.05) is 13.8 Å². The Morgan fingerprint density at radius 3 is 2.54 bits per heavy atom. The lowest BCUT2D eigenvalue weighted by atomic mass is 9.44. The van der Waals surface area contributed by atoms with Crippen molar-refractivity contribution in [3.8, 4) is 0 Å². The number of fused-ring (bicyclic) bond motifs is 5. The summed E-state index contributed by atoms with van der Waals surface area (Å²) in [5.41, 5.74) is -6.63. The summed E-state index contributed by atoms with van der Waals surface area (Å²) < 4.78 is 43.8. The molecule has 188 valence electrons. The molecule has 0 aliphatic heterocycles. The van der Waals surface area contributed by atoms with Gasteiger partial charge in [-0.25, -0.2) is 13.6 Å². The Morgan fingerprint density at radius 2 is 1.91 bits per heavy atom. The van der Waals surface area contributed by atoms with Crippen LogP contribution >= 0.6 is 12.6 Å². The molecule has 1 aromatic rings. The number of allylic oxidation sites excluding steroid dienone is 3. The van der Waals surface area contributed by atoms with Crippen molar-refractivity contribution in [2.45, 2.75) is 63.9 Å². The van der Waals surface area contributed by atoms with Gasteiger partial charge in [-0.05, 0) is 62.3 Å². The van der Waals surface area contributed by atoms with Crippen molar-refractivity contribution in [3.05, 3.63) is 47.6 Å². The second-order valence-electron chi connectivity index (χ2n) is 10.9. The Morgan fingerprint density at radius 1 is 1.20 bits per heavy atom. The van der Waals surface area contributed by atoms with Crippen molar-refractivity contribution in [2.24, 2.45) is 28.6 Å². The van der Waals surface area contributed by atoms with Crippen LogP contribution in [-0.4, -0.2) is 39.4 Å². The predicted molar refractivity (Wildman–Crippen MR) is 124 cm³/mol. The first-order valence-electron chi connectivity index (χ1n) is 11.8. The first kappa shape index (κ1) is 24.3. The lowest BCUT2D eigenvalue weighted by Crippen LogP contribution is -2.67. The Bertz CT molecular complexity index is 1180. The molecule has 0 aromatic carbocycles. The Hall–Kier alpha value is -2.42. The maximum absolute atomic E-state index is 17.2. The largest absolute Gasteiger partial charge is 0.508 e. The van der Waals surface area contributed by atoms with E-state index in [1.165, 1.54) is 31.4 Å². The maximum Gasteiger partial charge on any atom is 0.375 e. The number of carbonyl (C=O) groups excluding carboxylic acids is 3. The SMILES string of the molecule is CC1C[C@H]2[C@@H]3CC(F)C4=CC(O)=CC(=O)[C@]4(C)C3(F)CC[C@]2(C)C1(OC(=O)c1ccco1)C(=O)S. The molecule has 8 atom stereocenters. The minimum Gasteiger partial charge on any atom is -0.508 e. The summed E-state index contributed by atoms with van der Waals surface area (Å²) in [6.45, 7) is 4.94. The van der Waals surface area contributed by atoms with Crippen LogP contribution in [0.15, 0.2) is 46.3 Å². The standard InChI is InChI=1S/C26H28F2O6S/c1-13-9-15-16-12-18(27)17-10-14(29)11-20(30)24(17,3)25(16,28)7-6-23(15,2)26(13,22(32)35)34-21(31)19-5-4-8-33-19/h4-5,8,10-11,13,15-16,18,29H,6-7,9,12H2,1-3H3,(H,32,35)/t13?,15-,16-,18?,23-,24+,25?,26?/m0/s1. The molecular weight excluding hydrogens is 478 g/mol. The fourth-order valence-corrected chi connectivity index (χ4v) is 8.34. The molecule has 6 nitrogen and oxygen atoms in total. The number of aliphatic hydroxyl groups is 1. The van der Waals surface area contributed by atoms with Crippen molar-refractivity contribution in [1.82, 2.24) is 0 Å². The van der Waals surface area contributed by atoms with Crippen LogP contribution in [0.25, 0.3) is 0 Å². The summed E-state index contributed by atoms with van der Waals surface area (Å²) in [7, 11) is 0. The lowest BCUT2D eigenvalue weighted by molar-refractivity contribution is -0.187. The molecule has 0 radical (unpaired) electrons. The summed E-state index contributed by atoms with van der Waals surface area (Å²) in [6, 6.07) is 2.95. The van der Waals surface area contributed by atoms with Gasteiger partial charge in [0.1, 0.15) is 17.6 Å². The molecule has 0 bridgehead atoms. The van der Waals surface area contributed by atoms with Crippen LogP contribution < -0.4 is 0 Å². The normalized spacial score (nSPS) is 44.5. The first-order chi connectivity index (χ1) is 16.3. The molecule has 3 fully saturated rings. The summed E-state index contributed by atoms with van der Waals surface area (Å²) in [4.78, 5) is 39.1. The zero-order valence-corrected chi connectivity index (χ0v) is 20.6. The summed E-state index contributed by atoms with van der Waals surface area (Å²) in [6.07, 6.45) is 1.87. The Balaban J connectivity index is 1.60. The number of aliphatic hydroxyl groups excluding tert-OH is 1. The van der Waals surface area contributed by atoms with E-state index < -0.39 is 62.9 Å². The first-order valence-corrected chi connectivity index (χ1v) is 12.3. The molecule has 3 saturated carbocycles. The van der Waals surface area contributed by atoms with Crippen molar-refractivity contribution < 1.29 is 37.4 Å². The van der Waals surface area contributed by atoms with E-state index in [1.807, 2.05) is 0 Å². The Kier molecular flexibility index (Phi) is 5.23. The third kappa shape index (κ3) is 2.84. The lowest BCUT2D eigenvalue weighted by Gasteiger charge is -2.61. The number of ether oxygens (including phenoxy) is 1. The highest BCUT2D eigenvalue weighted by Gasteiger charge is 2.76. The summed E-state index contributed by atoms with van der Waals surface area (Å²) in [5.74, 6) is -3.94. The minimum atomic E-state index is -2.10. The van der Waals surface area contributed by atoms with Gasteiger partial charge in [0.25, 0.3) is 0 Å². The van der Waals surface area contributed by atoms with Crippen LogP contribution in [0.1, 0.15) is 57.0 Å². The number of halogens is 2. The topological polar surface area (TPSA) is 93.8 Å². The molecule has 5 rings (SSSR count). The molecule has 9 heteroatoms. The zero-order valence-electron chi connectivity index (χ0n) is 19.7. The quantitative estimate of drug-likeness (QED) is 0.437. The molecule has 4 aliphatic carbocycles. The molecule has 4 aliphatic rings. The third-order valence-corrected chi connectivity index (χ3v) is 9.96. The highest BCUT2D eigenvalue weighted by molar-refractivity contribution is 7.96. The van der Waals surface area contributed by atoms with Gasteiger partial charge in [-0.2, -0.15) is 0 Å². The number of hydrogen-bond donors (Lipinski definition) is 2. The fraction of sp³-hybridized carbons (Fsp3) is 0.577. The molecule has 0 saturated heterocycles. The van der Waals surface area contributed by atoms with Gasteiger partial charge >= 0.3 is 5.97 Å². The van der Waals surface area contributed by atoms with Gasteiger partial charge in [0, 0.05) is 23.3 Å². The average Bonchev–Trinajstić information content (AvgIpc) is 3.39. The molecule has 35 heavy (non-hydrogen) atoms. The van der Waals surface area contributed by atoms with Crippen LogP contribution in [0.2, 0.25) is 0 Å². The van der Waals surface area contributed by atoms with Crippen LogP contribution in [0, 0.1) is 28.6 Å². The van der Waals surface area contributed by atoms with Crippen molar-refractivity contribution in [2.75, 3.05) is 0 Å². The van der Waals surface area contributed by atoms with E-state index >= 15 is 8.78 Å². The van der Waals surface area contributed by atoms with E-state index in [0.29, 0.717) is 6.42 Å². The van der Waals surface area contributed by atoms with E-state index in [1.54, 1.807) is 13.8 Å². The average molecular weight is 507 g/mol. The molecule has 0 amide bonds. The third-order valence-electron chi connectivity index (χ3n) is 9.63. The van der Waals surface area contributed by atoms with Gasteiger partial charge in [-0.3, -0.25) is 9.59 Å². The monoisotopic (exact) mass is 506 g/mol. The maximum atomic E-state index is 17.2. The second-order valence-corrected chi connectivity index (χ2v) is 11.3. The number of rotatable bonds is 3. The Labute approximate surface area is 207 Å². The number of thiol groups is 1. The van der Waals surface area contributed by atoms with E-state index in [2.05, 4.69) is 12.6 Å². The number of esters is 1. The number of furan rings is 1. The van der Waals surface area contributed by atoms with Crippen molar-refractivity contribution >= 4 is 29.5 Å². The number of alkyl halides is 2. The van der Waals surface area contributed by atoms with Gasteiger partial charge < -0.3 is 14.3 Å². The van der Waals surface area contributed by atoms with E-state index in [4.69, 9.17) is 9.15 Å². The van der Waals surface area contributed by atoms with Gasteiger partial charge in [0.2, 0.25) is 10.9 Å². The van der Waals surface area contributed by atoms with E-state index in [-0.39, 0.29) is 36.4 Å². The molecule has 4 unspecified atom stereocenters. The number of ketones is 1. The summed E-state index contributed by atoms with van der Waals surface area (Å²) >= 11 is 4.14. The molecule has 1 heterocycles. The second kappa shape index (κ2) is 7.54. The molecular formula is C26H28F2O6S. The minimum absolute atomic E-state index is 0.0447. The number of carbonyl (C=O) groups is 3. The molecule has 1 N–H and O–H groups in total. The molecule has 1 aromatic heterocycles. The van der Waals surface area contributed by atoms with Crippen LogP contribution in [0.4, 0.5) is 8.78 Å². The predicted octanol–water partition coefficient (Wildman–Crippen LogP) is 5.11. The smallest absolute Gasteiger partial charge is 0.375 e. The number of hydrogen-bond acceptors (Lipinski definition) is 6. The zero-order chi connectivity index (χ0) is 25.6. The highest BCUT2D eigenvalue weighted by atomic mass is 32.1. The fourth-order valence-electron chi connectivity index (χ4n) is 7.81. The van der Waals surface area contributed by atoms with Gasteiger partial charge in [0.05, 0.1) is 11.7 Å². The van der Waals surface area contributed by atoms with E-state index in [0.717, 1.165) is 6.08 Å². The summed E-state index contributed by atoms with van der Waals surface area (Å²) in [5, 5.41) is 9.27. The van der Waals surface area contributed by atoms with Crippen LogP contribution in [0.3, 0.4) is 0 Å². The van der Waals surface area contributed by atoms with Crippen LogP contribution in [-0.2, 0) is 14.3 Å². The highest BCUT2D eigenvalue weighted by Crippen LogP contribution is 2.71. The van der Waals surface area contributed by atoms with E-state index in [9.17, 15) is 19.5 Å². The van der Waals surface area contributed by atoms with Crippen molar-refractivity contribution in [3.63, 3.8) is 0 Å².